The molecule has 2 fully saturated rings. The first-order valence-electron chi connectivity index (χ1n) is 18.4. The lowest BCUT2D eigenvalue weighted by Gasteiger charge is -2.37. The summed E-state index contributed by atoms with van der Waals surface area (Å²) in [6.07, 6.45) is -0.977. The fraction of sp³-hybridized carbons (Fsp3) is 0.357. The maximum absolute atomic E-state index is 15.3. The molecule has 282 valence electrons. The number of benzene rings is 4. The van der Waals surface area contributed by atoms with Crippen LogP contribution in [-0.2, 0) is 37.8 Å². The predicted molar refractivity (Wildman–Crippen MR) is 211 cm³/mol. The minimum Gasteiger partial charge on any atom is -0.497 e. The summed E-state index contributed by atoms with van der Waals surface area (Å²) in [6.45, 7) is 7.97. The van der Waals surface area contributed by atoms with E-state index in [2.05, 4.69) is 32.2 Å². The molecule has 4 aromatic carbocycles. The SMILES string of the molecule is COc1ccc([Si](C)(C)[C@@H]2[C@@H](CC(=O)N(CCO)Cc3ccccc3)O[C@]3(C(=O)N(Cc4cccc(N5CCOC5=O)c4)c4ccc(Cl)cc43)[C@H]2C)cc1. The lowest BCUT2D eigenvalue weighted by Crippen LogP contribution is -2.52. The molecule has 0 saturated carbocycles. The van der Waals surface area contributed by atoms with Crippen LogP contribution in [-0.4, -0.2) is 75.5 Å². The summed E-state index contributed by atoms with van der Waals surface area (Å²) < 4.78 is 17.8. The van der Waals surface area contributed by atoms with E-state index in [0.29, 0.717) is 41.7 Å². The molecule has 1 spiro atoms. The van der Waals surface area contributed by atoms with Crippen LogP contribution in [0.15, 0.2) is 97.1 Å². The summed E-state index contributed by atoms with van der Waals surface area (Å²) in [6, 6.07) is 30.8. The minimum atomic E-state index is -2.54. The van der Waals surface area contributed by atoms with E-state index in [1.54, 1.807) is 27.9 Å². The van der Waals surface area contributed by atoms with E-state index < -0.39 is 25.9 Å². The monoisotopic (exact) mass is 767 g/mol. The fourth-order valence-corrected chi connectivity index (χ4v) is 13.0. The number of nitrogens with zero attached hydrogens (tertiary/aromatic N) is 3. The van der Waals surface area contributed by atoms with Crippen LogP contribution in [0.5, 0.6) is 5.75 Å². The summed E-state index contributed by atoms with van der Waals surface area (Å²) in [5.74, 6) is 0.0330. The van der Waals surface area contributed by atoms with Crippen molar-refractivity contribution in [1.82, 2.24) is 4.90 Å². The molecule has 0 radical (unpaired) electrons. The highest BCUT2D eigenvalue weighted by molar-refractivity contribution is 6.91. The highest BCUT2D eigenvalue weighted by Crippen LogP contribution is 2.60. The molecule has 2 saturated heterocycles. The third-order valence-electron chi connectivity index (χ3n) is 11.4. The van der Waals surface area contributed by atoms with Gasteiger partial charge in [0, 0.05) is 35.3 Å². The van der Waals surface area contributed by atoms with Gasteiger partial charge in [0.15, 0.2) is 5.60 Å². The van der Waals surface area contributed by atoms with Gasteiger partial charge in [0.25, 0.3) is 5.91 Å². The number of methoxy groups -OCH3 is 1. The molecule has 3 aliphatic rings. The summed E-state index contributed by atoms with van der Waals surface area (Å²) >= 11 is 6.70. The molecular formula is C42H46ClN3O7Si. The van der Waals surface area contributed by atoms with Crippen molar-refractivity contribution in [3.63, 3.8) is 0 Å². The lowest BCUT2D eigenvalue weighted by atomic mass is 9.82. The zero-order chi connectivity index (χ0) is 38.2. The number of aliphatic hydroxyl groups is 1. The van der Waals surface area contributed by atoms with E-state index in [1.165, 1.54) is 0 Å². The third kappa shape index (κ3) is 6.78. The smallest absolute Gasteiger partial charge is 0.414 e. The first-order chi connectivity index (χ1) is 26.0. The maximum atomic E-state index is 15.3. The molecule has 4 aromatic rings. The summed E-state index contributed by atoms with van der Waals surface area (Å²) in [7, 11) is -0.901. The molecular weight excluding hydrogens is 722 g/mol. The summed E-state index contributed by atoms with van der Waals surface area (Å²) in [5, 5.41) is 11.6. The number of ether oxygens (including phenoxy) is 3. The summed E-state index contributed by atoms with van der Waals surface area (Å²) in [5.41, 5.74) is 2.28. The van der Waals surface area contributed by atoms with Gasteiger partial charge in [0.2, 0.25) is 5.91 Å². The minimum absolute atomic E-state index is 0.0351. The van der Waals surface area contributed by atoms with Gasteiger partial charge in [-0.05, 0) is 59.1 Å². The van der Waals surface area contributed by atoms with Gasteiger partial charge in [-0.1, -0.05) is 91.4 Å². The second-order valence-electron chi connectivity index (χ2n) is 14.9. The Kier molecular flexibility index (Phi) is 10.6. The number of hydrogen-bond acceptors (Lipinski definition) is 7. The number of hydrogen-bond donors (Lipinski definition) is 1. The number of anilines is 2. The van der Waals surface area contributed by atoms with Gasteiger partial charge in [-0.25, -0.2) is 4.79 Å². The van der Waals surface area contributed by atoms with Crippen LogP contribution in [0, 0.1) is 5.92 Å². The fourth-order valence-electron chi connectivity index (χ4n) is 8.79. The molecule has 1 N–H and O–H groups in total. The number of amides is 3. The Morgan fingerprint density at radius 3 is 2.43 bits per heavy atom. The highest BCUT2D eigenvalue weighted by atomic mass is 35.5. The first kappa shape index (κ1) is 37.6. The largest absolute Gasteiger partial charge is 0.497 e. The zero-order valence-corrected chi connectivity index (χ0v) is 32.8. The Bertz CT molecular complexity index is 2030. The Morgan fingerprint density at radius 2 is 1.74 bits per heavy atom. The highest BCUT2D eigenvalue weighted by Gasteiger charge is 2.66. The van der Waals surface area contributed by atoms with Gasteiger partial charge in [0.1, 0.15) is 12.4 Å². The normalized spacial score (nSPS) is 22.1. The third-order valence-corrected chi connectivity index (χ3v) is 16.0. The predicted octanol–water partition coefficient (Wildman–Crippen LogP) is 6.48. The van der Waals surface area contributed by atoms with Gasteiger partial charge in [0.05, 0.1) is 53.1 Å². The molecule has 3 aliphatic heterocycles. The molecule has 4 atom stereocenters. The van der Waals surface area contributed by atoms with Crippen LogP contribution in [0.4, 0.5) is 16.2 Å². The van der Waals surface area contributed by atoms with Crippen molar-refractivity contribution in [1.29, 1.82) is 0 Å². The first-order valence-corrected chi connectivity index (χ1v) is 21.8. The van der Waals surface area contributed by atoms with Gasteiger partial charge >= 0.3 is 6.09 Å². The standard InChI is InChI=1S/C42H46ClN3O7Si/c1-28-39(54(3,4)34-16-14-33(51-2)15-17-34)37(25-38(48)44(19-21-47)26-29-9-6-5-7-10-29)53-42(28)35-24-31(43)13-18-36(35)46(40(42)49)27-30-11-8-12-32(23-30)45-20-22-52-41(45)50/h5-18,23-24,28,37,39,47H,19-22,25-27H2,1-4H3/t28-,37+,39-,42+/m0/s1. The number of halogens is 1. The molecule has 3 amide bonds. The van der Waals surface area contributed by atoms with Crippen LogP contribution in [0.2, 0.25) is 23.7 Å². The van der Waals surface area contributed by atoms with E-state index in [9.17, 15) is 14.7 Å². The van der Waals surface area contributed by atoms with Crippen molar-refractivity contribution >= 4 is 54.1 Å². The van der Waals surface area contributed by atoms with Crippen LogP contribution < -0.4 is 19.7 Å². The molecule has 0 bridgehead atoms. The van der Waals surface area contributed by atoms with Crippen LogP contribution in [0.25, 0.3) is 0 Å². The molecule has 0 unspecified atom stereocenters. The molecule has 3 heterocycles. The van der Waals surface area contributed by atoms with E-state index in [-0.39, 0.29) is 49.4 Å². The average molecular weight is 768 g/mol. The second kappa shape index (κ2) is 15.2. The maximum Gasteiger partial charge on any atom is 0.414 e. The number of cyclic esters (lactones) is 1. The molecule has 0 aromatic heterocycles. The van der Waals surface area contributed by atoms with Crippen molar-refractivity contribution in [2.45, 2.75) is 56.8 Å². The molecule has 12 heteroatoms. The van der Waals surface area contributed by atoms with Gasteiger partial charge < -0.3 is 29.1 Å². The van der Waals surface area contributed by atoms with Gasteiger partial charge in [-0.15, -0.1) is 0 Å². The van der Waals surface area contributed by atoms with Crippen LogP contribution in [0.1, 0.15) is 30.0 Å². The number of carbonyl (C=O) groups excluding carboxylic acids is 3. The molecule has 10 nitrogen and oxygen atoms in total. The van der Waals surface area contributed by atoms with Crippen molar-refractivity contribution in [2.75, 3.05) is 43.2 Å². The van der Waals surface area contributed by atoms with Crippen molar-refractivity contribution in [3.05, 3.63) is 119 Å². The number of rotatable bonds is 12. The topological polar surface area (TPSA) is 109 Å². The van der Waals surface area contributed by atoms with Crippen molar-refractivity contribution in [3.8, 4) is 5.75 Å². The van der Waals surface area contributed by atoms with E-state index in [1.807, 2.05) is 78.9 Å². The zero-order valence-electron chi connectivity index (χ0n) is 31.0. The lowest BCUT2D eigenvalue weighted by molar-refractivity contribution is -0.150. The quantitative estimate of drug-likeness (QED) is 0.165. The number of carbonyl (C=O) groups is 3. The number of aliphatic hydroxyl groups excluding tert-OH is 1. The Hall–Kier alpha value is -4.68. The summed E-state index contributed by atoms with van der Waals surface area (Å²) in [4.78, 5) is 47.0. The van der Waals surface area contributed by atoms with Crippen LogP contribution >= 0.6 is 11.6 Å². The Labute approximate surface area is 322 Å². The average Bonchev–Trinajstić information content (AvgIpc) is 3.80. The Balaban J connectivity index is 1.28. The van der Waals surface area contributed by atoms with Crippen LogP contribution in [0.3, 0.4) is 0 Å². The van der Waals surface area contributed by atoms with Gasteiger partial charge in [-0.2, -0.15) is 0 Å². The van der Waals surface area contributed by atoms with Crippen molar-refractivity contribution in [2.24, 2.45) is 5.92 Å². The number of fused-ring (bicyclic) bond motifs is 2. The van der Waals surface area contributed by atoms with Gasteiger partial charge in [-0.3, -0.25) is 14.5 Å². The van der Waals surface area contributed by atoms with E-state index in [4.69, 9.17) is 25.8 Å². The molecule has 7 rings (SSSR count). The van der Waals surface area contributed by atoms with E-state index >= 15 is 4.79 Å². The second-order valence-corrected chi connectivity index (χ2v) is 20.0. The molecule has 54 heavy (non-hydrogen) atoms. The van der Waals surface area contributed by atoms with E-state index in [0.717, 1.165) is 22.1 Å². The molecule has 0 aliphatic carbocycles. The Morgan fingerprint density at radius 1 is 1.00 bits per heavy atom. The van der Waals surface area contributed by atoms with Crippen molar-refractivity contribution < 1.29 is 33.7 Å².